The van der Waals surface area contributed by atoms with Crippen LogP contribution in [0.15, 0.2) is 36.4 Å². The molecule has 2 aromatic carbocycles. The maximum absolute atomic E-state index is 13.4. The smallest absolute Gasteiger partial charge is 0.175 e. The fraction of sp³-hybridized carbons (Fsp3) is 0.316. The second kappa shape index (κ2) is 5.25. The molecule has 0 aromatic heterocycles. The first-order valence-electron chi connectivity index (χ1n) is 7.88. The molecule has 0 saturated heterocycles. The number of carbonyl (C=O) groups is 1. The topological polar surface area (TPSA) is 37.3 Å². The minimum absolute atomic E-state index is 0.0438. The molecule has 0 heterocycles. The van der Waals surface area contributed by atoms with Gasteiger partial charge >= 0.3 is 0 Å². The van der Waals surface area contributed by atoms with Crippen LogP contribution in [0.5, 0.6) is 5.75 Å². The Morgan fingerprint density at radius 3 is 2.57 bits per heavy atom. The molecule has 0 amide bonds. The summed E-state index contributed by atoms with van der Waals surface area (Å²) in [5.74, 6) is 0.0646. The molecule has 0 unspecified atom stereocenters. The molecule has 1 N–H and O–H groups in total. The van der Waals surface area contributed by atoms with Crippen molar-refractivity contribution in [2.45, 2.75) is 37.0 Å². The van der Waals surface area contributed by atoms with Crippen LogP contribution in [0.4, 0.5) is 0 Å². The summed E-state index contributed by atoms with van der Waals surface area (Å²) in [5, 5.41) is 10.3. The maximum atomic E-state index is 13.4. The summed E-state index contributed by atoms with van der Waals surface area (Å²) >= 11 is 12.4. The van der Waals surface area contributed by atoms with Gasteiger partial charge in [0.25, 0.3) is 0 Å². The number of hydrogen-bond acceptors (Lipinski definition) is 2. The van der Waals surface area contributed by atoms with Gasteiger partial charge in [0.15, 0.2) is 5.78 Å². The summed E-state index contributed by atoms with van der Waals surface area (Å²) in [6.45, 7) is 0. The summed E-state index contributed by atoms with van der Waals surface area (Å²) in [6, 6.07) is 11.6. The quantitative estimate of drug-likeness (QED) is 0.740. The molecule has 0 radical (unpaired) electrons. The van der Waals surface area contributed by atoms with E-state index >= 15 is 0 Å². The highest BCUT2D eigenvalue weighted by Crippen LogP contribution is 2.59. The Kier molecular flexibility index (Phi) is 3.44. The van der Waals surface area contributed by atoms with E-state index < -0.39 is 5.41 Å². The van der Waals surface area contributed by atoms with Crippen molar-refractivity contribution in [3.63, 3.8) is 0 Å². The van der Waals surface area contributed by atoms with E-state index in [1.807, 2.05) is 30.3 Å². The van der Waals surface area contributed by atoms with Gasteiger partial charge in [0.1, 0.15) is 10.8 Å². The molecule has 118 valence electrons. The van der Waals surface area contributed by atoms with Crippen LogP contribution in [0.3, 0.4) is 0 Å². The molecule has 2 atom stereocenters. The Bertz CT molecular complexity index is 801. The Morgan fingerprint density at radius 1 is 1.09 bits per heavy atom. The molecule has 2 aromatic rings. The second-order valence-electron chi connectivity index (χ2n) is 6.45. The lowest BCUT2D eigenvalue weighted by Gasteiger charge is -2.38. The van der Waals surface area contributed by atoms with Crippen molar-refractivity contribution in [2.24, 2.45) is 0 Å². The second-order valence-corrected chi connectivity index (χ2v) is 7.21. The van der Waals surface area contributed by atoms with Crippen molar-refractivity contribution >= 4 is 29.0 Å². The van der Waals surface area contributed by atoms with Crippen LogP contribution in [0.1, 0.15) is 53.1 Å². The van der Waals surface area contributed by atoms with Crippen molar-refractivity contribution in [1.29, 1.82) is 0 Å². The van der Waals surface area contributed by atoms with E-state index in [2.05, 4.69) is 0 Å². The molecular formula is C19H16Cl2O2. The number of phenols is 1. The number of rotatable bonds is 1. The van der Waals surface area contributed by atoms with Gasteiger partial charge in [-0.2, -0.15) is 0 Å². The number of Topliss-reactive ketones (excluding diaryl/α,β-unsaturated/α-hetero) is 1. The molecule has 2 aliphatic carbocycles. The van der Waals surface area contributed by atoms with E-state index in [-0.39, 0.29) is 27.5 Å². The Labute approximate surface area is 145 Å². The highest BCUT2D eigenvalue weighted by Gasteiger charge is 2.55. The van der Waals surface area contributed by atoms with Gasteiger partial charge in [-0.15, -0.1) is 0 Å². The summed E-state index contributed by atoms with van der Waals surface area (Å²) in [6.07, 6.45) is 3.82. The number of ketones is 1. The van der Waals surface area contributed by atoms with E-state index in [1.54, 1.807) is 6.07 Å². The first kappa shape index (κ1) is 15.0. The standard InChI is InChI=1S/C19H16Cl2O2/c20-16-14(22)10-12-13-8-4-5-9-19(13,11-6-2-1-3-7-11)18(23)15(12)17(16)21/h1-3,6-7,10,13,22H,4-5,8-9H2/t13-,19+/m1/s1. The lowest BCUT2D eigenvalue weighted by molar-refractivity contribution is 0.0845. The molecule has 4 heteroatoms. The van der Waals surface area contributed by atoms with Crippen molar-refractivity contribution < 1.29 is 9.90 Å². The number of hydrogen-bond donors (Lipinski definition) is 1. The van der Waals surface area contributed by atoms with Gasteiger partial charge in [0.05, 0.1) is 10.4 Å². The average Bonchev–Trinajstić information content (AvgIpc) is 2.84. The van der Waals surface area contributed by atoms with Crippen LogP contribution in [0, 0.1) is 0 Å². The molecule has 2 nitrogen and oxygen atoms in total. The Balaban J connectivity index is 2.01. The normalized spacial score (nSPS) is 26.0. The van der Waals surface area contributed by atoms with Crippen molar-refractivity contribution in [1.82, 2.24) is 0 Å². The van der Waals surface area contributed by atoms with Gasteiger partial charge in [-0.1, -0.05) is 66.4 Å². The van der Waals surface area contributed by atoms with E-state index in [0.717, 1.165) is 36.8 Å². The van der Waals surface area contributed by atoms with E-state index in [4.69, 9.17) is 23.2 Å². The molecule has 23 heavy (non-hydrogen) atoms. The zero-order chi connectivity index (χ0) is 16.2. The molecule has 0 bridgehead atoms. The minimum atomic E-state index is -0.567. The van der Waals surface area contributed by atoms with Crippen LogP contribution in [-0.2, 0) is 5.41 Å². The maximum Gasteiger partial charge on any atom is 0.175 e. The molecule has 1 fully saturated rings. The van der Waals surface area contributed by atoms with E-state index in [0.29, 0.717) is 5.56 Å². The first-order chi connectivity index (χ1) is 11.1. The SMILES string of the molecule is O=C1c2c(cc(O)c(Cl)c2Cl)[C@H]2CCCC[C@@]12c1ccccc1. The average molecular weight is 347 g/mol. The van der Waals surface area contributed by atoms with Crippen molar-refractivity contribution in [2.75, 3.05) is 0 Å². The monoisotopic (exact) mass is 346 g/mol. The zero-order valence-corrected chi connectivity index (χ0v) is 14.0. The first-order valence-corrected chi connectivity index (χ1v) is 8.64. The van der Waals surface area contributed by atoms with Gasteiger partial charge in [0, 0.05) is 11.5 Å². The number of halogens is 2. The molecule has 1 saturated carbocycles. The Hall–Kier alpha value is -1.51. The lowest BCUT2D eigenvalue weighted by Crippen LogP contribution is -2.38. The van der Waals surface area contributed by atoms with Gasteiger partial charge in [-0.05, 0) is 30.0 Å². The molecule has 2 aliphatic rings. The lowest BCUT2D eigenvalue weighted by atomic mass is 9.62. The number of benzene rings is 2. The van der Waals surface area contributed by atoms with E-state index in [1.165, 1.54) is 0 Å². The summed E-state index contributed by atoms with van der Waals surface area (Å²) in [7, 11) is 0. The van der Waals surface area contributed by atoms with Crippen LogP contribution in [0.2, 0.25) is 10.0 Å². The van der Waals surface area contributed by atoms with Crippen LogP contribution < -0.4 is 0 Å². The van der Waals surface area contributed by atoms with Crippen LogP contribution in [-0.4, -0.2) is 10.9 Å². The summed E-state index contributed by atoms with van der Waals surface area (Å²) < 4.78 is 0. The fourth-order valence-corrected chi connectivity index (χ4v) is 4.88. The predicted octanol–water partition coefficient (Wildman–Crippen LogP) is 5.49. The van der Waals surface area contributed by atoms with Gasteiger partial charge in [0.2, 0.25) is 0 Å². The van der Waals surface area contributed by atoms with Gasteiger partial charge in [-0.3, -0.25) is 4.79 Å². The summed E-state index contributed by atoms with van der Waals surface area (Å²) in [5.41, 5.74) is 1.83. The molecule has 0 spiro atoms. The zero-order valence-electron chi connectivity index (χ0n) is 12.5. The largest absolute Gasteiger partial charge is 0.506 e. The third-order valence-corrected chi connectivity index (χ3v) is 6.28. The van der Waals surface area contributed by atoms with Crippen LogP contribution >= 0.6 is 23.2 Å². The molecule has 4 rings (SSSR count). The molecular weight excluding hydrogens is 331 g/mol. The number of phenolic OH excluding ortho intramolecular Hbond substituents is 1. The third-order valence-electron chi connectivity index (χ3n) is 5.42. The van der Waals surface area contributed by atoms with E-state index in [9.17, 15) is 9.90 Å². The fourth-order valence-electron chi connectivity index (χ4n) is 4.44. The highest BCUT2D eigenvalue weighted by molar-refractivity contribution is 6.45. The predicted molar refractivity (Wildman–Crippen MR) is 91.8 cm³/mol. The molecule has 0 aliphatic heterocycles. The van der Waals surface area contributed by atoms with Crippen molar-refractivity contribution in [3.05, 3.63) is 63.1 Å². The number of fused-ring (bicyclic) bond motifs is 3. The number of aromatic hydroxyl groups is 1. The summed E-state index contributed by atoms with van der Waals surface area (Å²) in [4.78, 5) is 13.4. The third kappa shape index (κ3) is 1.91. The minimum Gasteiger partial charge on any atom is -0.506 e. The number of carbonyl (C=O) groups excluding carboxylic acids is 1. The Morgan fingerprint density at radius 2 is 1.83 bits per heavy atom. The van der Waals surface area contributed by atoms with Gasteiger partial charge < -0.3 is 5.11 Å². The van der Waals surface area contributed by atoms with Crippen LogP contribution in [0.25, 0.3) is 0 Å². The van der Waals surface area contributed by atoms with Gasteiger partial charge in [-0.25, -0.2) is 0 Å². The van der Waals surface area contributed by atoms with Crippen molar-refractivity contribution in [3.8, 4) is 5.75 Å². The highest BCUT2D eigenvalue weighted by atomic mass is 35.5.